The van der Waals surface area contributed by atoms with Crippen LogP contribution in [0.15, 0.2) is 0 Å². The fourth-order valence-corrected chi connectivity index (χ4v) is 3.40. The number of rotatable bonds is 11. The highest BCUT2D eigenvalue weighted by molar-refractivity contribution is 8.13. The first-order valence-corrected chi connectivity index (χ1v) is 9.89. The van der Waals surface area contributed by atoms with Gasteiger partial charge in [-0.2, -0.15) is 0 Å². The van der Waals surface area contributed by atoms with Crippen LogP contribution in [0.5, 0.6) is 0 Å². The molecule has 1 fully saturated rings. The van der Waals surface area contributed by atoms with E-state index in [1.54, 1.807) is 13.8 Å². The van der Waals surface area contributed by atoms with Crippen LogP contribution in [0.4, 0.5) is 0 Å². The number of thioether (sulfide) groups is 1. The molecule has 0 aliphatic carbocycles. The lowest BCUT2D eigenvalue weighted by atomic mass is 10.1. The maximum Gasteiger partial charge on any atom is 0.328 e. The standard InChI is InChI=1S/C16H27N3O7S.ClH/c1-11(10-27-16(22)12(2)17)14(20)18-7-5-6-13(18)15(21)25-8-3-4-9-26-19(23)24;/h11-13H,3-10,17H2,1-2H3;1H/t11-,12?,13+;/m1./s1. The lowest BCUT2D eigenvalue weighted by molar-refractivity contribution is -0.757. The maximum atomic E-state index is 12.6. The lowest BCUT2D eigenvalue weighted by Crippen LogP contribution is -2.44. The van der Waals surface area contributed by atoms with E-state index in [1.807, 2.05) is 0 Å². The van der Waals surface area contributed by atoms with Gasteiger partial charge in [-0.05, 0) is 32.6 Å². The number of hydrogen-bond acceptors (Lipinski definition) is 9. The summed E-state index contributed by atoms with van der Waals surface area (Å²) in [5, 5.41) is 8.98. The second-order valence-corrected chi connectivity index (χ2v) is 7.47. The quantitative estimate of drug-likeness (QED) is 0.216. The summed E-state index contributed by atoms with van der Waals surface area (Å²) in [6.45, 7) is 3.86. The van der Waals surface area contributed by atoms with E-state index in [4.69, 9.17) is 10.5 Å². The summed E-state index contributed by atoms with van der Waals surface area (Å²) >= 11 is 1.03. The van der Waals surface area contributed by atoms with Gasteiger partial charge in [-0.15, -0.1) is 22.5 Å². The summed E-state index contributed by atoms with van der Waals surface area (Å²) < 4.78 is 5.19. The summed E-state index contributed by atoms with van der Waals surface area (Å²) in [7, 11) is 0. The average molecular weight is 442 g/mol. The van der Waals surface area contributed by atoms with E-state index >= 15 is 0 Å². The summed E-state index contributed by atoms with van der Waals surface area (Å²) in [5.41, 5.74) is 5.51. The Morgan fingerprint density at radius 1 is 1.29 bits per heavy atom. The molecule has 1 aliphatic rings. The van der Waals surface area contributed by atoms with Crippen molar-refractivity contribution in [1.29, 1.82) is 0 Å². The molecule has 1 aliphatic heterocycles. The SMILES string of the molecule is CC(N)C(=O)SC[C@@H](C)C(=O)N1CCC[C@H]1C(=O)OCCCCO[N+](=O)[O-].Cl. The molecule has 1 unspecified atom stereocenters. The van der Waals surface area contributed by atoms with Gasteiger partial charge in [0.25, 0.3) is 5.09 Å². The number of likely N-dealkylation sites (tertiary alicyclic amines) is 1. The van der Waals surface area contributed by atoms with Gasteiger partial charge in [0.1, 0.15) is 6.04 Å². The maximum absolute atomic E-state index is 12.6. The van der Waals surface area contributed by atoms with Crippen molar-refractivity contribution in [3.8, 4) is 0 Å². The number of amides is 1. The predicted molar refractivity (Wildman–Crippen MR) is 105 cm³/mol. The Balaban J connectivity index is 0.00000729. The number of ether oxygens (including phenoxy) is 1. The van der Waals surface area contributed by atoms with Crippen LogP contribution in [0, 0.1) is 16.0 Å². The Labute approximate surface area is 174 Å². The molecule has 0 radical (unpaired) electrons. The Bertz CT molecular complexity index is 550. The summed E-state index contributed by atoms with van der Waals surface area (Å²) in [5.74, 6) is -0.750. The van der Waals surface area contributed by atoms with E-state index in [1.165, 1.54) is 4.90 Å². The average Bonchev–Trinajstić information content (AvgIpc) is 3.10. The smallest absolute Gasteiger partial charge is 0.328 e. The van der Waals surface area contributed by atoms with E-state index in [0.717, 1.165) is 11.8 Å². The van der Waals surface area contributed by atoms with Crippen LogP contribution in [0.1, 0.15) is 39.5 Å². The molecule has 1 amide bonds. The number of halogens is 1. The fraction of sp³-hybridized carbons (Fsp3) is 0.812. The summed E-state index contributed by atoms with van der Waals surface area (Å²) in [4.78, 5) is 52.1. The number of unbranched alkanes of at least 4 members (excludes halogenated alkanes) is 1. The van der Waals surface area contributed by atoms with Crippen molar-refractivity contribution in [3.63, 3.8) is 0 Å². The van der Waals surface area contributed by atoms with Crippen molar-refractivity contribution in [2.75, 3.05) is 25.5 Å². The van der Waals surface area contributed by atoms with Crippen molar-refractivity contribution in [1.82, 2.24) is 4.90 Å². The molecular formula is C16H28ClN3O7S. The molecule has 1 heterocycles. The number of hydrogen-bond donors (Lipinski definition) is 1. The Kier molecular flexibility index (Phi) is 12.8. The van der Waals surface area contributed by atoms with Crippen molar-refractivity contribution < 1.29 is 29.0 Å². The van der Waals surface area contributed by atoms with Gasteiger partial charge in [0, 0.05) is 18.2 Å². The van der Waals surface area contributed by atoms with Crippen LogP contribution in [0.3, 0.4) is 0 Å². The number of nitrogens with two attached hydrogens (primary N) is 1. The Morgan fingerprint density at radius 2 is 1.93 bits per heavy atom. The Hall–Kier alpha value is -1.59. The molecule has 0 aromatic carbocycles. The third kappa shape index (κ3) is 9.07. The van der Waals surface area contributed by atoms with Gasteiger partial charge in [-0.1, -0.05) is 18.7 Å². The van der Waals surface area contributed by atoms with E-state index in [-0.39, 0.29) is 36.6 Å². The van der Waals surface area contributed by atoms with E-state index < -0.39 is 29.1 Å². The van der Waals surface area contributed by atoms with E-state index in [0.29, 0.717) is 38.0 Å². The van der Waals surface area contributed by atoms with Crippen LogP contribution in [-0.2, 0) is 24.0 Å². The van der Waals surface area contributed by atoms with E-state index in [9.17, 15) is 24.5 Å². The molecule has 2 N–H and O–H groups in total. The molecule has 10 nitrogen and oxygen atoms in total. The van der Waals surface area contributed by atoms with Gasteiger partial charge >= 0.3 is 5.97 Å². The highest BCUT2D eigenvalue weighted by Gasteiger charge is 2.37. The third-order valence-electron chi connectivity index (χ3n) is 4.06. The first-order valence-electron chi connectivity index (χ1n) is 8.90. The zero-order chi connectivity index (χ0) is 20.4. The molecule has 1 saturated heterocycles. The first-order chi connectivity index (χ1) is 12.7. The molecule has 0 bridgehead atoms. The molecule has 28 heavy (non-hydrogen) atoms. The topological polar surface area (TPSA) is 142 Å². The van der Waals surface area contributed by atoms with Crippen LogP contribution in [0.2, 0.25) is 0 Å². The number of carbonyl (C=O) groups is 3. The highest BCUT2D eigenvalue weighted by atomic mass is 35.5. The molecular weight excluding hydrogens is 414 g/mol. The first kappa shape index (κ1) is 26.4. The van der Waals surface area contributed by atoms with Gasteiger partial charge < -0.3 is 20.2 Å². The molecule has 0 spiro atoms. The van der Waals surface area contributed by atoms with Gasteiger partial charge in [0.2, 0.25) is 11.0 Å². The number of esters is 1. The van der Waals surface area contributed by atoms with Gasteiger partial charge in [-0.25, -0.2) is 4.79 Å². The minimum atomic E-state index is -0.866. The zero-order valence-corrected chi connectivity index (χ0v) is 17.7. The highest BCUT2D eigenvalue weighted by Crippen LogP contribution is 2.23. The predicted octanol–water partition coefficient (Wildman–Crippen LogP) is 1.17. The van der Waals surface area contributed by atoms with E-state index in [2.05, 4.69) is 4.84 Å². The monoisotopic (exact) mass is 441 g/mol. The Morgan fingerprint density at radius 3 is 2.54 bits per heavy atom. The molecule has 12 heteroatoms. The normalized spacial score (nSPS) is 18.0. The molecule has 0 saturated carbocycles. The van der Waals surface area contributed by atoms with Gasteiger partial charge in [0.05, 0.1) is 19.3 Å². The minimum absolute atomic E-state index is 0. The summed E-state index contributed by atoms with van der Waals surface area (Å²) in [6.07, 6.45) is 2.07. The van der Waals surface area contributed by atoms with Crippen LogP contribution < -0.4 is 5.73 Å². The second kappa shape index (κ2) is 13.6. The molecule has 1 rings (SSSR count). The summed E-state index contributed by atoms with van der Waals surface area (Å²) in [6, 6.07) is -1.20. The third-order valence-corrected chi connectivity index (χ3v) is 5.38. The van der Waals surface area contributed by atoms with Crippen LogP contribution in [-0.4, -0.2) is 64.6 Å². The molecule has 0 aromatic rings. The van der Waals surface area contributed by atoms with Crippen molar-refractivity contribution in [2.45, 2.75) is 51.6 Å². The second-order valence-electron chi connectivity index (χ2n) is 6.44. The fourth-order valence-electron chi connectivity index (χ4n) is 2.58. The molecule has 162 valence electrons. The zero-order valence-electron chi connectivity index (χ0n) is 16.0. The van der Waals surface area contributed by atoms with Gasteiger partial charge in [0.15, 0.2) is 0 Å². The molecule has 0 aromatic heterocycles. The largest absolute Gasteiger partial charge is 0.464 e. The number of nitrogens with zero attached hydrogens (tertiary/aromatic N) is 2. The van der Waals surface area contributed by atoms with Crippen molar-refractivity contribution >= 4 is 41.2 Å². The van der Waals surface area contributed by atoms with Crippen LogP contribution >= 0.6 is 24.2 Å². The van der Waals surface area contributed by atoms with Crippen molar-refractivity contribution in [3.05, 3.63) is 10.1 Å². The number of carbonyl (C=O) groups excluding carboxylic acids is 3. The van der Waals surface area contributed by atoms with Gasteiger partial charge in [-0.3, -0.25) is 9.59 Å². The minimum Gasteiger partial charge on any atom is -0.464 e. The lowest BCUT2D eigenvalue weighted by Gasteiger charge is -2.26. The van der Waals surface area contributed by atoms with Crippen LogP contribution in [0.25, 0.3) is 0 Å². The molecule has 3 atom stereocenters. The van der Waals surface area contributed by atoms with Crippen molar-refractivity contribution in [2.24, 2.45) is 11.7 Å².